The Hall–Kier alpha value is -1.59. The Morgan fingerprint density at radius 3 is 1.83 bits per heavy atom. The zero-order valence-electron chi connectivity index (χ0n) is 23.0. The van der Waals surface area contributed by atoms with Crippen molar-refractivity contribution in [3.63, 3.8) is 0 Å². The summed E-state index contributed by atoms with van der Waals surface area (Å²) in [6.07, 6.45) is 22.3. The minimum atomic E-state index is -0.330. The highest BCUT2D eigenvalue weighted by Crippen LogP contribution is 2.21. The second-order valence-electron chi connectivity index (χ2n) is 10.4. The highest BCUT2D eigenvalue weighted by molar-refractivity contribution is 5.67. The lowest BCUT2D eigenvalue weighted by Gasteiger charge is -2.35. The largest absolute Gasteiger partial charge is 0.447 e. The van der Waals surface area contributed by atoms with Crippen molar-refractivity contribution in [1.82, 2.24) is 5.32 Å². The molecule has 2 rings (SSSR count). The first-order valence-corrected chi connectivity index (χ1v) is 15.0. The van der Waals surface area contributed by atoms with E-state index in [1.807, 2.05) is 18.2 Å². The molecule has 0 aromatic heterocycles. The lowest BCUT2D eigenvalue weighted by atomic mass is 10.0. The first kappa shape index (κ1) is 30.6. The number of rotatable bonds is 23. The first-order chi connectivity index (χ1) is 17.8. The van der Waals surface area contributed by atoms with Gasteiger partial charge < -0.3 is 19.5 Å². The van der Waals surface area contributed by atoms with Gasteiger partial charge in [-0.25, -0.2) is 4.79 Å². The Morgan fingerprint density at radius 2 is 1.28 bits per heavy atom. The van der Waals surface area contributed by atoms with Crippen LogP contribution in [-0.2, 0) is 20.8 Å². The molecule has 1 saturated heterocycles. The predicted octanol–water partition coefficient (Wildman–Crippen LogP) is 8.35. The third kappa shape index (κ3) is 16.2. The van der Waals surface area contributed by atoms with Crippen molar-refractivity contribution < 1.29 is 19.0 Å². The van der Waals surface area contributed by atoms with Crippen molar-refractivity contribution in [3.05, 3.63) is 35.9 Å². The van der Waals surface area contributed by atoms with Crippen LogP contribution in [0.1, 0.15) is 122 Å². The molecule has 0 bridgehead atoms. The topological polar surface area (TPSA) is 56.8 Å². The van der Waals surface area contributed by atoms with Gasteiger partial charge >= 0.3 is 6.09 Å². The Labute approximate surface area is 221 Å². The molecule has 36 heavy (non-hydrogen) atoms. The van der Waals surface area contributed by atoms with Crippen molar-refractivity contribution in [2.75, 3.05) is 19.8 Å². The van der Waals surface area contributed by atoms with E-state index < -0.39 is 0 Å². The average molecular weight is 504 g/mol. The lowest BCUT2D eigenvalue weighted by Crippen LogP contribution is -2.44. The van der Waals surface area contributed by atoms with E-state index >= 15 is 0 Å². The van der Waals surface area contributed by atoms with Gasteiger partial charge in [-0.05, 0) is 12.0 Å². The molecule has 0 radical (unpaired) electrons. The van der Waals surface area contributed by atoms with Crippen LogP contribution in [0.4, 0.5) is 4.79 Å². The molecule has 0 spiro atoms. The SMILES string of the molecule is CCCCCCCCCCCCCCCCCCNC(=O)OC[C@H]1C[C@H](COCc2ccccc2)O1. The molecule has 0 saturated carbocycles. The number of carbonyl (C=O) groups excluding carboxylic acids is 1. The van der Waals surface area contributed by atoms with E-state index in [2.05, 4.69) is 24.4 Å². The lowest BCUT2D eigenvalue weighted by molar-refractivity contribution is -0.167. The van der Waals surface area contributed by atoms with Crippen LogP contribution in [-0.4, -0.2) is 38.1 Å². The van der Waals surface area contributed by atoms with Crippen LogP contribution >= 0.6 is 0 Å². The summed E-state index contributed by atoms with van der Waals surface area (Å²) in [7, 11) is 0. The standard InChI is InChI=1S/C31H53NO4/c1-2-3-4-5-6-7-8-9-10-11-12-13-14-15-16-20-23-32-31(33)35-27-30-24-29(36-30)26-34-25-28-21-18-17-19-22-28/h17-19,21-22,29-30H,2-16,20,23-27H2,1H3,(H,32,33)/t29-,30-/m1/s1. The highest BCUT2D eigenvalue weighted by atomic mass is 16.6. The van der Waals surface area contributed by atoms with Crippen LogP contribution in [0.2, 0.25) is 0 Å². The zero-order chi connectivity index (χ0) is 25.5. The van der Waals surface area contributed by atoms with Gasteiger partial charge in [-0.2, -0.15) is 0 Å². The Bertz CT molecular complexity index is 633. The van der Waals surface area contributed by atoms with Crippen LogP contribution in [0.5, 0.6) is 0 Å². The van der Waals surface area contributed by atoms with Crippen LogP contribution < -0.4 is 5.32 Å². The third-order valence-electron chi connectivity index (χ3n) is 7.03. The quantitative estimate of drug-likeness (QED) is 0.152. The van der Waals surface area contributed by atoms with E-state index in [0.717, 1.165) is 18.4 Å². The summed E-state index contributed by atoms with van der Waals surface area (Å²) in [6, 6.07) is 10.1. The number of alkyl carbamates (subject to hydrolysis) is 1. The van der Waals surface area contributed by atoms with Crippen molar-refractivity contribution in [1.29, 1.82) is 0 Å². The molecule has 2 atom stereocenters. The van der Waals surface area contributed by atoms with Gasteiger partial charge in [0.2, 0.25) is 0 Å². The Balaban J connectivity index is 1.25. The fourth-order valence-corrected chi connectivity index (χ4v) is 4.73. The van der Waals surface area contributed by atoms with Crippen LogP contribution in [0.25, 0.3) is 0 Å². The molecule has 1 aliphatic heterocycles. The molecule has 1 heterocycles. The van der Waals surface area contributed by atoms with E-state index in [1.165, 1.54) is 96.3 Å². The average Bonchev–Trinajstić information content (AvgIpc) is 2.87. The van der Waals surface area contributed by atoms with Gasteiger partial charge in [-0.15, -0.1) is 0 Å². The molecule has 5 nitrogen and oxygen atoms in total. The smallest absolute Gasteiger partial charge is 0.407 e. The molecular weight excluding hydrogens is 450 g/mol. The number of amides is 1. The van der Waals surface area contributed by atoms with Crippen LogP contribution in [0.15, 0.2) is 30.3 Å². The van der Waals surface area contributed by atoms with Crippen molar-refractivity contribution in [2.45, 2.75) is 135 Å². The summed E-state index contributed by atoms with van der Waals surface area (Å²) < 4.78 is 16.7. The number of benzene rings is 1. The van der Waals surface area contributed by atoms with Gasteiger partial charge in [0.25, 0.3) is 0 Å². The fraction of sp³-hybridized carbons (Fsp3) is 0.774. The van der Waals surface area contributed by atoms with Gasteiger partial charge in [0.05, 0.1) is 25.4 Å². The van der Waals surface area contributed by atoms with Gasteiger partial charge in [0, 0.05) is 13.0 Å². The van der Waals surface area contributed by atoms with E-state index in [4.69, 9.17) is 14.2 Å². The fourth-order valence-electron chi connectivity index (χ4n) is 4.73. The molecule has 1 N–H and O–H groups in total. The van der Waals surface area contributed by atoms with Gasteiger partial charge in [0.15, 0.2) is 0 Å². The number of carbonyl (C=O) groups is 1. The van der Waals surface area contributed by atoms with Gasteiger partial charge in [-0.1, -0.05) is 134 Å². The second-order valence-corrected chi connectivity index (χ2v) is 10.4. The summed E-state index contributed by atoms with van der Waals surface area (Å²) in [4.78, 5) is 11.8. The summed E-state index contributed by atoms with van der Waals surface area (Å²) in [5, 5.41) is 2.86. The molecular formula is C31H53NO4. The minimum absolute atomic E-state index is 0.00313. The summed E-state index contributed by atoms with van der Waals surface area (Å²) >= 11 is 0. The number of unbranched alkanes of at least 4 members (excludes halogenated alkanes) is 15. The zero-order valence-corrected chi connectivity index (χ0v) is 23.0. The molecule has 5 heteroatoms. The number of ether oxygens (including phenoxy) is 3. The van der Waals surface area contributed by atoms with Crippen LogP contribution in [0.3, 0.4) is 0 Å². The van der Waals surface area contributed by atoms with Crippen molar-refractivity contribution in [2.24, 2.45) is 0 Å². The summed E-state index contributed by atoms with van der Waals surface area (Å²) in [6.45, 7) is 4.48. The van der Waals surface area contributed by atoms with E-state index in [9.17, 15) is 4.79 Å². The van der Waals surface area contributed by atoms with Crippen molar-refractivity contribution >= 4 is 6.09 Å². The Kier molecular flexibility index (Phi) is 18.3. The number of hydrogen-bond donors (Lipinski definition) is 1. The highest BCUT2D eigenvalue weighted by Gasteiger charge is 2.31. The van der Waals surface area contributed by atoms with Crippen molar-refractivity contribution in [3.8, 4) is 0 Å². The van der Waals surface area contributed by atoms with Gasteiger partial charge in [-0.3, -0.25) is 0 Å². The number of nitrogens with one attached hydrogen (secondary N) is 1. The summed E-state index contributed by atoms with van der Waals surface area (Å²) in [5.41, 5.74) is 1.16. The first-order valence-electron chi connectivity index (χ1n) is 15.0. The molecule has 206 valence electrons. The molecule has 1 amide bonds. The van der Waals surface area contributed by atoms with E-state index in [1.54, 1.807) is 0 Å². The molecule has 0 unspecified atom stereocenters. The molecule has 1 aromatic rings. The third-order valence-corrected chi connectivity index (χ3v) is 7.03. The van der Waals surface area contributed by atoms with E-state index in [0.29, 0.717) is 26.4 Å². The molecule has 1 aliphatic rings. The maximum atomic E-state index is 11.8. The second kappa shape index (κ2) is 21.5. The minimum Gasteiger partial charge on any atom is -0.447 e. The molecule has 1 fully saturated rings. The number of hydrogen-bond acceptors (Lipinski definition) is 4. The predicted molar refractivity (Wildman–Crippen MR) is 148 cm³/mol. The maximum absolute atomic E-state index is 11.8. The molecule has 1 aromatic carbocycles. The molecule has 0 aliphatic carbocycles. The monoisotopic (exact) mass is 503 g/mol. The van der Waals surface area contributed by atoms with Gasteiger partial charge in [0.1, 0.15) is 6.61 Å². The normalized spacial score (nSPS) is 17.0. The summed E-state index contributed by atoms with van der Waals surface area (Å²) in [5.74, 6) is 0. The van der Waals surface area contributed by atoms with Crippen LogP contribution in [0, 0.1) is 0 Å². The maximum Gasteiger partial charge on any atom is 0.407 e. The Morgan fingerprint density at radius 1 is 0.778 bits per heavy atom. The van der Waals surface area contributed by atoms with E-state index in [-0.39, 0.29) is 18.3 Å².